The van der Waals surface area contributed by atoms with Crippen LogP contribution in [0, 0.1) is 22.4 Å². The van der Waals surface area contributed by atoms with Gasteiger partial charge in [0.2, 0.25) is 11.7 Å². The SMILES string of the molecule is Cc1ccc(S(=O)(=O)O)cc1.N=C(N)N(O)/N=C/c1cc(Br)cc([N+](=O)[O-])c1O. The van der Waals surface area contributed by atoms with Gasteiger partial charge in [-0.15, -0.1) is 5.17 Å². The van der Waals surface area contributed by atoms with Crippen LogP contribution in [0.2, 0.25) is 0 Å². The van der Waals surface area contributed by atoms with Crippen LogP contribution in [-0.4, -0.2) is 45.6 Å². The second-order valence-electron chi connectivity index (χ2n) is 5.33. The molecule has 0 fully saturated rings. The van der Waals surface area contributed by atoms with Crippen molar-refractivity contribution in [1.82, 2.24) is 5.17 Å². The number of nitrogens with two attached hydrogens (primary N) is 1. The van der Waals surface area contributed by atoms with Crippen LogP contribution >= 0.6 is 15.9 Å². The number of rotatable bonds is 4. The lowest BCUT2D eigenvalue weighted by Gasteiger charge is -2.06. The number of hydrogen-bond acceptors (Lipinski definition) is 8. The Bertz CT molecular complexity index is 1040. The minimum absolute atomic E-state index is 0.0172. The first-order chi connectivity index (χ1) is 13.3. The Morgan fingerprint density at radius 1 is 1.34 bits per heavy atom. The molecule has 0 amide bonds. The van der Waals surface area contributed by atoms with E-state index in [2.05, 4.69) is 21.0 Å². The summed E-state index contributed by atoms with van der Waals surface area (Å²) in [5, 5.41) is 39.4. The molecule has 29 heavy (non-hydrogen) atoms. The summed E-state index contributed by atoms with van der Waals surface area (Å²) in [5.41, 5.74) is 5.33. The molecule has 0 bridgehead atoms. The molecule has 0 aliphatic rings. The van der Waals surface area contributed by atoms with Gasteiger partial charge in [-0.2, -0.15) is 13.5 Å². The van der Waals surface area contributed by atoms with Crippen molar-refractivity contribution < 1.29 is 28.2 Å². The highest BCUT2D eigenvalue weighted by Gasteiger charge is 2.17. The van der Waals surface area contributed by atoms with Gasteiger partial charge in [0.15, 0.2) is 0 Å². The molecule has 156 valence electrons. The molecular formula is C15H16BrN5O7S. The van der Waals surface area contributed by atoms with Gasteiger partial charge in [-0.25, -0.2) is 0 Å². The van der Waals surface area contributed by atoms with Crippen molar-refractivity contribution in [3.05, 3.63) is 62.1 Å². The van der Waals surface area contributed by atoms with E-state index in [9.17, 15) is 23.6 Å². The summed E-state index contributed by atoms with van der Waals surface area (Å²) in [6, 6.07) is 8.45. The number of nitrogens with zero attached hydrogens (tertiary/aromatic N) is 3. The van der Waals surface area contributed by atoms with E-state index >= 15 is 0 Å². The molecule has 14 heteroatoms. The number of nitro benzene ring substituents is 1. The van der Waals surface area contributed by atoms with E-state index in [-0.39, 0.29) is 15.6 Å². The highest BCUT2D eigenvalue weighted by atomic mass is 79.9. The number of benzene rings is 2. The third-order valence-electron chi connectivity index (χ3n) is 3.12. The number of nitrogens with one attached hydrogen (secondary N) is 1. The maximum absolute atomic E-state index is 10.6. The number of hydrazone groups is 1. The summed E-state index contributed by atoms with van der Waals surface area (Å²) in [6.45, 7) is 1.84. The molecule has 0 radical (unpaired) electrons. The molecule has 12 nitrogen and oxygen atoms in total. The number of phenolic OH excluding ortho intramolecular Hbond substituents is 1. The van der Waals surface area contributed by atoms with Gasteiger partial charge >= 0.3 is 5.69 Å². The van der Waals surface area contributed by atoms with Crippen molar-refractivity contribution in [2.45, 2.75) is 11.8 Å². The molecule has 6 N–H and O–H groups in total. The highest BCUT2D eigenvalue weighted by Crippen LogP contribution is 2.32. The highest BCUT2D eigenvalue weighted by molar-refractivity contribution is 9.10. The summed E-state index contributed by atoms with van der Waals surface area (Å²) >= 11 is 3.03. The minimum atomic E-state index is -4.02. The second kappa shape index (κ2) is 9.92. The third kappa shape index (κ3) is 7.46. The van der Waals surface area contributed by atoms with Crippen LogP contribution in [0.1, 0.15) is 11.1 Å². The Kier molecular flexibility index (Phi) is 8.20. The summed E-state index contributed by atoms with van der Waals surface area (Å²) in [5.74, 6) is -1.35. The van der Waals surface area contributed by atoms with Crippen molar-refractivity contribution in [3.63, 3.8) is 0 Å². The van der Waals surface area contributed by atoms with Gasteiger partial charge in [0.25, 0.3) is 10.1 Å². The van der Waals surface area contributed by atoms with Crippen LogP contribution in [0.25, 0.3) is 0 Å². The van der Waals surface area contributed by atoms with Gasteiger partial charge in [-0.1, -0.05) is 33.6 Å². The molecule has 0 aliphatic heterocycles. The predicted molar refractivity (Wildman–Crippen MR) is 107 cm³/mol. The zero-order valence-corrected chi connectivity index (χ0v) is 17.1. The molecule has 2 rings (SSSR count). The number of guanidine groups is 1. The molecule has 2 aromatic rings. The molecule has 2 aromatic carbocycles. The Balaban J connectivity index is 0.000000326. The van der Waals surface area contributed by atoms with E-state index in [4.69, 9.17) is 20.9 Å². The van der Waals surface area contributed by atoms with Crippen molar-refractivity contribution in [2.75, 3.05) is 0 Å². The molecule has 0 heterocycles. The summed E-state index contributed by atoms with van der Waals surface area (Å²) in [7, 11) is -4.02. The van der Waals surface area contributed by atoms with E-state index in [1.54, 1.807) is 12.1 Å². The summed E-state index contributed by atoms with van der Waals surface area (Å²) < 4.78 is 29.9. The van der Waals surface area contributed by atoms with Crippen molar-refractivity contribution in [2.24, 2.45) is 10.8 Å². The Labute approximate surface area is 173 Å². The molecule has 0 saturated heterocycles. The quantitative estimate of drug-likeness (QED) is 0.140. The molecule has 0 unspecified atom stereocenters. The predicted octanol–water partition coefficient (Wildman–Crippen LogP) is 2.22. The first-order valence-corrected chi connectivity index (χ1v) is 9.64. The number of hydroxylamine groups is 1. The van der Waals surface area contributed by atoms with Crippen molar-refractivity contribution >= 4 is 43.9 Å². The van der Waals surface area contributed by atoms with Gasteiger partial charge in [0, 0.05) is 16.1 Å². The molecule has 0 saturated carbocycles. The van der Waals surface area contributed by atoms with Gasteiger partial charge in [0.05, 0.1) is 16.0 Å². The normalized spacial score (nSPS) is 10.9. The zero-order valence-electron chi connectivity index (χ0n) is 14.7. The number of phenols is 1. The maximum atomic E-state index is 10.6. The zero-order chi connectivity index (χ0) is 22.4. The van der Waals surface area contributed by atoms with E-state index in [0.29, 0.717) is 4.47 Å². The standard InChI is InChI=1S/C8H8BrN5O4.C7H8O3S/c9-5-1-4(3-12-13(16)8(10)11)7(15)6(2-5)14(17)18;1-6-2-4-7(5-3-6)11(8,9)10/h1-3,15-16H,(H3,10,11);2-5H,1H3,(H,8,9,10)/b12-3+;. The molecule has 0 spiro atoms. The first-order valence-electron chi connectivity index (χ1n) is 7.41. The fraction of sp³-hybridized carbons (Fsp3) is 0.0667. The Hall–Kier alpha value is -3.07. The van der Waals surface area contributed by atoms with Gasteiger partial charge in [-0.3, -0.25) is 25.3 Å². The number of halogens is 1. The second-order valence-corrected chi connectivity index (χ2v) is 7.66. The van der Waals surface area contributed by atoms with Crippen LogP contribution in [0.3, 0.4) is 0 Å². The summed E-state index contributed by atoms with van der Waals surface area (Å²) in [6.07, 6.45) is 0.925. The van der Waals surface area contributed by atoms with Crippen LogP contribution in [0.4, 0.5) is 5.69 Å². The lowest BCUT2D eigenvalue weighted by atomic mass is 10.2. The number of aromatic hydroxyl groups is 1. The lowest BCUT2D eigenvalue weighted by Crippen LogP contribution is -2.28. The monoisotopic (exact) mass is 489 g/mol. The summed E-state index contributed by atoms with van der Waals surface area (Å²) in [4.78, 5) is 9.81. The molecule has 0 aliphatic carbocycles. The van der Waals surface area contributed by atoms with E-state index in [1.165, 1.54) is 18.2 Å². The average molecular weight is 490 g/mol. The fourth-order valence-electron chi connectivity index (χ4n) is 1.73. The van der Waals surface area contributed by atoms with E-state index < -0.39 is 32.4 Å². The largest absolute Gasteiger partial charge is 0.502 e. The molecule has 0 atom stereocenters. The Morgan fingerprint density at radius 2 is 1.90 bits per heavy atom. The smallest absolute Gasteiger partial charge is 0.312 e. The van der Waals surface area contributed by atoms with Gasteiger partial charge in [-0.05, 0) is 25.1 Å². The minimum Gasteiger partial charge on any atom is -0.502 e. The Morgan fingerprint density at radius 3 is 2.34 bits per heavy atom. The maximum Gasteiger partial charge on any atom is 0.312 e. The average Bonchev–Trinajstić information content (AvgIpc) is 2.61. The van der Waals surface area contributed by atoms with E-state index in [1.807, 2.05) is 6.92 Å². The van der Waals surface area contributed by atoms with Crippen molar-refractivity contribution in [1.29, 1.82) is 5.41 Å². The van der Waals surface area contributed by atoms with E-state index in [0.717, 1.165) is 17.8 Å². The van der Waals surface area contributed by atoms with Crippen LogP contribution < -0.4 is 5.73 Å². The lowest BCUT2D eigenvalue weighted by molar-refractivity contribution is -0.385. The van der Waals surface area contributed by atoms with Crippen LogP contribution in [0.15, 0.2) is 50.9 Å². The molecule has 0 aromatic heterocycles. The third-order valence-corrected chi connectivity index (χ3v) is 4.45. The topological polar surface area (TPSA) is 203 Å². The van der Waals surface area contributed by atoms with Gasteiger partial charge in [0.1, 0.15) is 0 Å². The fourth-order valence-corrected chi connectivity index (χ4v) is 2.68. The number of nitro groups is 1. The van der Waals surface area contributed by atoms with Crippen molar-refractivity contribution in [3.8, 4) is 5.75 Å². The van der Waals surface area contributed by atoms with Gasteiger partial charge < -0.3 is 10.8 Å². The van der Waals surface area contributed by atoms with Crippen LogP contribution in [-0.2, 0) is 10.1 Å². The first kappa shape index (κ1) is 24.0. The number of hydrogen-bond donors (Lipinski definition) is 5. The van der Waals surface area contributed by atoms with Crippen LogP contribution in [0.5, 0.6) is 5.75 Å². The number of aryl methyl sites for hydroxylation is 1. The molecular weight excluding hydrogens is 474 g/mol.